The lowest BCUT2D eigenvalue weighted by atomic mass is 10.0. The number of carbonyl (C=O) groups excluding carboxylic acids is 1. The molecule has 4 nitrogen and oxygen atoms in total. The van der Waals surface area contributed by atoms with E-state index in [1.807, 2.05) is 30.3 Å². The van der Waals surface area contributed by atoms with Crippen LogP contribution in [0.2, 0.25) is 0 Å². The first-order valence-corrected chi connectivity index (χ1v) is 5.52. The molecule has 0 aliphatic heterocycles. The second-order valence-electron chi connectivity index (χ2n) is 3.82. The Hall–Kier alpha value is -2.58. The van der Waals surface area contributed by atoms with Gasteiger partial charge in [0.25, 0.3) is 0 Å². The van der Waals surface area contributed by atoms with Gasteiger partial charge in [-0.1, -0.05) is 59.7 Å². The number of carbonyl (C=O) groups is 1. The summed E-state index contributed by atoms with van der Waals surface area (Å²) in [6.45, 7) is 0. The molecule has 0 aliphatic carbocycles. The normalized spacial score (nSPS) is 9.56. The predicted molar refractivity (Wildman–Crippen MR) is 69.7 cm³/mol. The van der Waals surface area contributed by atoms with Crippen molar-refractivity contribution in [1.29, 1.82) is 0 Å². The van der Waals surface area contributed by atoms with Crippen LogP contribution in [0.15, 0.2) is 59.7 Å². The van der Waals surface area contributed by atoms with E-state index >= 15 is 0 Å². The zero-order valence-corrected chi connectivity index (χ0v) is 9.65. The van der Waals surface area contributed by atoms with Crippen molar-refractivity contribution in [2.24, 2.45) is 5.11 Å². The van der Waals surface area contributed by atoms with Gasteiger partial charge in [-0.2, -0.15) is 0 Å². The summed E-state index contributed by atoms with van der Waals surface area (Å²) in [5.41, 5.74) is 10.4. The minimum atomic E-state index is 0.0497. The molecule has 0 heterocycles. The molecule has 0 atom stereocenters. The van der Waals surface area contributed by atoms with Gasteiger partial charge < -0.3 is 0 Å². The van der Waals surface area contributed by atoms with E-state index in [1.54, 1.807) is 24.3 Å². The molecule has 0 radical (unpaired) electrons. The maximum absolute atomic E-state index is 12.0. The highest BCUT2D eigenvalue weighted by Gasteiger charge is 2.06. The average molecular weight is 237 g/mol. The first-order valence-electron chi connectivity index (χ1n) is 5.52. The van der Waals surface area contributed by atoms with Crippen molar-refractivity contribution in [3.8, 4) is 0 Å². The maximum atomic E-state index is 12.0. The fourth-order valence-corrected chi connectivity index (χ4v) is 1.65. The minimum Gasteiger partial charge on any atom is -0.294 e. The molecule has 2 aromatic rings. The standard InChI is InChI=1S/C14H11N3O/c15-17-16-13-8-6-12(7-9-13)14(18)10-11-4-2-1-3-5-11/h1-9H,10H2. The van der Waals surface area contributed by atoms with E-state index in [1.165, 1.54) is 0 Å². The lowest BCUT2D eigenvalue weighted by Crippen LogP contribution is -2.02. The number of hydrogen-bond acceptors (Lipinski definition) is 2. The van der Waals surface area contributed by atoms with Crippen LogP contribution in [0.4, 0.5) is 5.69 Å². The molecular weight excluding hydrogens is 226 g/mol. The topological polar surface area (TPSA) is 65.8 Å². The van der Waals surface area contributed by atoms with Crippen molar-refractivity contribution in [3.63, 3.8) is 0 Å². The lowest BCUT2D eigenvalue weighted by molar-refractivity contribution is 0.0993. The molecule has 0 spiro atoms. The number of Topliss-reactive ketones (excluding diaryl/α,β-unsaturated/α-hetero) is 1. The maximum Gasteiger partial charge on any atom is 0.167 e. The molecule has 4 heteroatoms. The van der Waals surface area contributed by atoms with Gasteiger partial charge in [-0.15, -0.1) is 0 Å². The van der Waals surface area contributed by atoms with Crippen LogP contribution in [0.5, 0.6) is 0 Å². The van der Waals surface area contributed by atoms with Gasteiger partial charge in [0.15, 0.2) is 5.78 Å². The molecule has 0 aliphatic rings. The van der Waals surface area contributed by atoms with Crippen LogP contribution in [0.25, 0.3) is 10.4 Å². The Morgan fingerprint density at radius 2 is 1.72 bits per heavy atom. The number of hydrogen-bond donors (Lipinski definition) is 0. The fraction of sp³-hybridized carbons (Fsp3) is 0.0714. The van der Waals surface area contributed by atoms with Crippen LogP contribution in [0.3, 0.4) is 0 Å². The van der Waals surface area contributed by atoms with E-state index in [0.29, 0.717) is 17.7 Å². The number of benzene rings is 2. The highest BCUT2D eigenvalue weighted by atomic mass is 16.1. The van der Waals surface area contributed by atoms with Crippen molar-refractivity contribution >= 4 is 11.5 Å². The van der Waals surface area contributed by atoms with Gasteiger partial charge in [0, 0.05) is 22.6 Å². The van der Waals surface area contributed by atoms with Gasteiger partial charge in [-0.3, -0.25) is 4.79 Å². The molecule has 0 aromatic heterocycles. The number of azide groups is 1. The van der Waals surface area contributed by atoms with E-state index in [0.717, 1.165) is 5.56 Å². The first kappa shape index (κ1) is 11.9. The average Bonchev–Trinajstić information content (AvgIpc) is 2.41. The number of rotatable bonds is 4. The third-order valence-corrected chi connectivity index (χ3v) is 2.56. The van der Waals surface area contributed by atoms with Crippen molar-refractivity contribution in [2.45, 2.75) is 6.42 Å². The van der Waals surface area contributed by atoms with Crippen LogP contribution in [0, 0.1) is 0 Å². The molecule has 0 unspecified atom stereocenters. The molecule has 0 bridgehead atoms. The third-order valence-electron chi connectivity index (χ3n) is 2.56. The number of ketones is 1. The summed E-state index contributed by atoms with van der Waals surface area (Å²) in [7, 11) is 0. The van der Waals surface area contributed by atoms with E-state index in [9.17, 15) is 4.79 Å². The van der Waals surface area contributed by atoms with Crippen molar-refractivity contribution < 1.29 is 4.79 Å². The van der Waals surface area contributed by atoms with Crippen LogP contribution < -0.4 is 0 Å². The summed E-state index contributed by atoms with van der Waals surface area (Å²) in [5.74, 6) is 0.0497. The largest absolute Gasteiger partial charge is 0.294 e. The van der Waals surface area contributed by atoms with E-state index in [4.69, 9.17) is 5.53 Å². The van der Waals surface area contributed by atoms with Gasteiger partial charge in [0.1, 0.15) is 0 Å². The summed E-state index contributed by atoms with van der Waals surface area (Å²) in [6.07, 6.45) is 0.377. The van der Waals surface area contributed by atoms with Crippen molar-refractivity contribution in [3.05, 3.63) is 76.2 Å². The Bertz CT molecular complexity index is 584. The lowest BCUT2D eigenvalue weighted by Gasteiger charge is -2.01. The van der Waals surface area contributed by atoms with Crippen molar-refractivity contribution in [1.82, 2.24) is 0 Å². The quantitative estimate of drug-likeness (QED) is 0.342. The molecule has 0 fully saturated rings. The summed E-state index contributed by atoms with van der Waals surface area (Å²) in [5, 5.41) is 3.46. The molecule has 2 aromatic carbocycles. The van der Waals surface area contributed by atoms with E-state index in [-0.39, 0.29) is 5.78 Å². The molecule has 2 rings (SSSR count). The smallest absolute Gasteiger partial charge is 0.167 e. The Morgan fingerprint density at radius 1 is 1.06 bits per heavy atom. The van der Waals surface area contributed by atoms with Gasteiger partial charge >= 0.3 is 0 Å². The van der Waals surface area contributed by atoms with Gasteiger partial charge in [-0.25, -0.2) is 0 Å². The van der Waals surface area contributed by atoms with Crippen LogP contribution in [-0.4, -0.2) is 5.78 Å². The van der Waals surface area contributed by atoms with Crippen LogP contribution >= 0.6 is 0 Å². The van der Waals surface area contributed by atoms with Crippen LogP contribution in [0.1, 0.15) is 15.9 Å². The number of nitrogens with zero attached hydrogens (tertiary/aromatic N) is 3. The Labute approximate surface area is 105 Å². The monoisotopic (exact) mass is 237 g/mol. The van der Waals surface area contributed by atoms with E-state index < -0.39 is 0 Å². The van der Waals surface area contributed by atoms with Gasteiger partial charge in [-0.05, 0) is 11.1 Å². The zero-order chi connectivity index (χ0) is 12.8. The van der Waals surface area contributed by atoms with E-state index in [2.05, 4.69) is 10.0 Å². The highest BCUT2D eigenvalue weighted by molar-refractivity contribution is 5.97. The Morgan fingerprint density at radius 3 is 2.33 bits per heavy atom. The molecule has 0 N–H and O–H groups in total. The Kier molecular flexibility index (Phi) is 3.74. The van der Waals surface area contributed by atoms with Gasteiger partial charge in [0.05, 0.1) is 0 Å². The summed E-state index contributed by atoms with van der Waals surface area (Å²) < 4.78 is 0. The molecular formula is C14H11N3O. The molecule has 0 saturated heterocycles. The molecule has 88 valence electrons. The SMILES string of the molecule is [N-]=[N+]=Nc1ccc(C(=O)Cc2ccccc2)cc1. The minimum absolute atomic E-state index is 0.0497. The fourth-order valence-electron chi connectivity index (χ4n) is 1.65. The third kappa shape index (κ3) is 2.97. The summed E-state index contributed by atoms with van der Waals surface area (Å²) >= 11 is 0. The zero-order valence-electron chi connectivity index (χ0n) is 9.65. The summed E-state index contributed by atoms with van der Waals surface area (Å²) in [4.78, 5) is 14.7. The highest BCUT2D eigenvalue weighted by Crippen LogP contribution is 2.14. The van der Waals surface area contributed by atoms with Crippen LogP contribution in [-0.2, 0) is 6.42 Å². The Balaban J connectivity index is 2.12. The second-order valence-corrected chi connectivity index (χ2v) is 3.82. The molecule has 0 amide bonds. The molecule has 0 saturated carbocycles. The van der Waals surface area contributed by atoms with Crippen molar-refractivity contribution in [2.75, 3.05) is 0 Å². The molecule has 18 heavy (non-hydrogen) atoms. The first-order chi connectivity index (χ1) is 8.79. The van der Waals surface area contributed by atoms with Gasteiger partial charge in [0.2, 0.25) is 0 Å². The summed E-state index contributed by atoms with van der Waals surface area (Å²) in [6, 6.07) is 16.2. The predicted octanol–water partition coefficient (Wildman–Crippen LogP) is 4.05. The second kappa shape index (κ2) is 5.66.